The van der Waals surface area contributed by atoms with Crippen molar-refractivity contribution in [3.63, 3.8) is 0 Å². The minimum absolute atomic E-state index is 0.0850. The van der Waals surface area contributed by atoms with Gasteiger partial charge in [0.25, 0.3) is 0 Å². The Morgan fingerprint density at radius 1 is 1.19 bits per heavy atom. The average molecular weight is 451 g/mol. The van der Waals surface area contributed by atoms with Crippen LogP contribution in [0, 0.1) is 13.8 Å². The zero-order chi connectivity index (χ0) is 23.1. The van der Waals surface area contributed by atoms with Crippen LogP contribution in [0.4, 0.5) is 5.69 Å². The van der Waals surface area contributed by atoms with Crippen molar-refractivity contribution in [1.29, 1.82) is 0 Å². The van der Waals surface area contributed by atoms with Gasteiger partial charge >= 0.3 is 0 Å². The number of carbonyl (C=O) groups excluding carboxylic acids is 1. The molecule has 0 aliphatic carbocycles. The summed E-state index contributed by atoms with van der Waals surface area (Å²) in [7, 11) is 0. The topological polar surface area (TPSA) is 69.0 Å². The number of amides is 1. The molecule has 1 aromatic heterocycles. The lowest BCUT2D eigenvalue weighted by molar-refractivity contribution is -0.113. The van der Waals surface area contributed by atoms with E-state index < -0.39 is 0 Å². The zero-order valence-electron chi connectivity index (χ0n) is 19.1. The molecule has 3 rings (SSSR count). The van der Waals surface area contributed by atoms with Gasteiger partial charge in [-0.25, -0.2) is 0 Å². The highest BCUT2D eigenvalue weighted by atomic mass is 32.2. The first-order chi connectivity index (χ1) is 15.4. The summed E-state index contributed by atoms with van der Waals surface area (Å²) in [5, 5.41) is 12.2. The molecule has 6 nitrogen and oxygen atoms in total. The second kappa shape index (κ2) is 11.0. The number of rotatable bonds is 10. The van der Waals surface area contributed by atoms with Gasteiger partial charge in [0.05, 0.1) is 5.75 Å². The van der Waals surface area contributed by atoms with E-state index in [9.17, 15) is 4.79 Å². The van der Waals surface area contributed by atoms with Gasteiger partial charge in [0, 0.05) is 12.2 Å². The van der Waals surface area contributed by atoms with Crippen LogP contribution in [0.1, 0.15) is 42.3 Å². The first-order valence-corrected chi connectivity index (χ1v) is 11.6. The lowest BCUT2D eigenvalue weighted by Crippen LogP contribution is -2.15. The first kappa shape index (κ1) is 23.6. The quantitative estimate of drug-likeness (QED) is 0.326. The normalized spacial score (nSPS) is 10.9. The van der Waals surface area contributed by atoms with Gasteiger partial charge in [-0.1, -0.05) is 61.5 Å². The fourth-order valence-corrected chi connectivity index (χ4v) is 3.98. The first-order valence-electron chi connectivity index (χ1n) is 10.6. The molecular formula is C25H30N4O2S. The lowest BCUT2D eigenvalue weighted by Gasteiger charge is -2.11. The largest absolute Gasteiger partial charge is 0.486 e. The number of hydrogen-bond acceptors (Lipinski definition) is 5. The molecule has 0 aliphatic rings. The van der Waals surface area contributed by atoms with Crippen LogP contribution in [0.15, 0.2) is 60.3 Å². The maximum Gasteiger partial charge on any atom is 0.234 e. The summed E-state index contributed by atoms with van der Waals surface area (Å²) in [6, 6.07) is 14.0. The van der Waals surface area contributed by atoms with Crippen molar-refractivity contribution in [3.8, 4) is 5.75 Å². The van der Waals surface area contributed by atoms with E-state index in [1.54, 1.807) is 6.08 Å². The van der Waals surface area contributed by atoms with Crippen molar-refractivity contribution in [2.45, 2.75) is 51.9 Å². The summed E-state index contributed by atoms with van der Waals surface area (Å²) in [6.45, 7) is 13.0. The highest BCUT2D eigenvalue weighted by Crippen LogP contribution is 2.22. The smallest absolute Gasteiger partial charge is 0.234 e. The van der Waals surface area contributed by atoms with Crippen molar-refractivity contribution in [3.05, 3.63) is 77.6 Å². The van der Waals surface area contributed by atoms with Gasteiger partial charge in [-0.2, -0.15) is 0 Å². The molecule has 168 valence electrons. The van der Waals surface area contributed by atoms with E-state index in [4.69, 9.17) is 4.74 Å². The molecule has 0 radical (unpaired) electrons. The molecule has 0 saturated heterocycles. The number of anilines is 1. The molecule has 1 heterocycles. The standard InChI is InChI=1S/C25H30N4O2S/c1-6-13-29-23(15-31-21-10-8-20(9-11-21)17(2)3)27-28-25(29)32-16-24(30)26-22-12-7-18(4)14-19(22)5/h6-12,14,17H,1,13,15-16H2,2-5H3,(H,26,30). The van der Waals surface area contributed by atoms with E-state index in [2.05, 4.69) is 48.1 Å². The predicted octanol–water partition coefficient (Wildman–Crippen LogP) is 5.51. The van der Waals surface area contributed by atoms with Crippen molar-refractivity contribution < 1.29 is 9.53 Å². The fourth-order valence-electron chi connectivity index (χ4n) is 3.21. The number of ether oxygens (including phenoxy) is 1. The van der Waals surface area contributed by atoms with E-state index in [1.165, 1.54) is 17.3 Å². The Kier molecular flexibility index (Phi) is 8.11. The Labute approximate surface area is 194 Å². The second-order valence-corrected chi connectivity index (χ2v) is 8.91. The van der Waals surface area contributed by atoms with Gasteiger partial charge in [-0.05, 0) is 49.1 Å². The third-order valence-electron chi connectivity index (χ3n) is 5.01. The van der Waals surface area contributed by atoms with Crippen LogP contribution in [0.25, 0.3) is 0 Å². The predicted molar refractivity (Wildman–Crippen MR) is 130 cm³/mol. The molecular weight excluding hydrogens is 420 g/mol. The number of aromatic nitrogens is 3. The van der Waals surface area contributed by atoms with Gasteiger partial charge in [-0.3, -0.25) is 9.36 Å². The van der Waals surface area contributed by atoms with E-state index in [0.717, 1.165) is 22.6 Å². The molecule has 0 bridgehead atoms. The summed E-state index contributed by atoms with van der Waals surface area (Å²) >= 11 is 1.34. The Bertz CT molecular complexity index is 1070. The molecule has 0 atom stereocenters. The highest BCUT2D eigenvalue weighted by Gasteiger charge is 2.15. The summed E-state index contributed by atoms with van der Waals surface area (Å²) in [6.07, 6.45) is 1.78. The molecule has 0 aliphatic heterocycles. The highest BCUT2D eigenvalue weighted by molar-refractivity contribution is 7.99. The number of thioether (sulfide) groups is 1. The Balaban J connectivity index is 1.61. The monoisotopic (exact) mass is 450 g/mol. The molecule has 7 heteroatoms. The molecule has 0 unspecified atom stereocenters. The average Bonchev–Trinajstić information content (AvgIpc) is 3.15. The van der Waals surface area contributed by atoms with Gasteiger partial charge in [-0.15, -0.1) is 16.8 Å². The molecule has 1 amide bonds. The third-order valence-corrected chi connectivity index (χ3v) is 5.97. The van der Waals surface area contributed by atoms with Gasteiger partial charge < -0.3 is 10.1 Å². The van der Waals surface area contributed by atoms with Crippen molar-refractivity contribution in [1.82, 2.24) is 14.8 Å². The molecule has 2 aromatic carbocycles. The minimum Gasteiger partial charge on any atom is -0.486 e. The lowest BCUT2D eigenvalue weighted by atomic mass is 10.0. The number of nitrogens with one attached hydrogen (secondary N) is 1. The minimum atomic E-state index is -0.0850. The molecule has 1 N–H and O–H groups in total. The molecule has 32 heavy (non-hydrogen) atoms. The summed E-state index contributed by atoms with van der Waals surface area (Å²) in [4.78, 5) is 12.5. The summed E-state index contributed by atoms with van der Waals surface area (Å²) in [5.74, 6) is 2.10. The van der Waals surface area contributed by atoms with Crippen LogP contribution in [0.2, 0.25) is 0 Å². The van der Waals surface area contributed by atoms with Gasteiger partial charge in [0.2, 0.25) is 5.91 Å². The number of hydrogen-bond donors (Lipinski definition) is 1. The van der Waals surface area contributed by atoms with E-state index in [-0.39, 0.29) is 18.3 Å². The molecule has 0 fully saturated rings. The van der Waals surface area contributed by atoms with E-state index >= 15 is 0 Å². The van der Waals surface area contributed by atoms with Crippen molar-refractivity contribution in [2.24, 2.45) is 0 Å². The number of aryl methyl sites for hydroxylation is 2. The molecule has 3 aromatic rings. The molecule has 0 spiro atoms. The number of nitrogens with zero attached hydrogens (tertiary/aromatic N) is 3. The zero-order valence-corrected chi connectivity index (χ0v) is 19.9. The maximum absolute atomic E-state index is 12.5. The third kappa shape index (κ3) is 6.23. The summed E-state index contributed by atoms with van der Waals surface area (Å²) < 4.78 is 7.83. The maximum atomic E-state index is 12.5. The van der Waals surface area contributed by atoms with Crippen molar-refractivity contribution in [2.75, 3.05) is 11.1 Å². The Morgan fingerprint density at radius 2 is 1.94 bits per heavy atom. The van der Waals surface area contributed by atoms with E-state index in [1.807, 2.05) is 48.7 Å². The van der Waals surface area contributed by atoms with Gasteiger partial charge in [0.1, 0.15) is 12.4 Å². The van der Waals surface area contributed by atoms with Crippen LogP contribution in [0.3, 0.4) is 0 Å². The summed E-state index contributed by atoms with van der Waals surface area (Å²) in [5.41, 5.74) is 4.30. The van der Waals surface area contributed by atoms with Crippen LogP contribution in [-0.4, -0.2) is 26.4 Å². The Hall–Kier alpha value is -3.06. The van der Waals surface area contributed by atoms with E-state index in [0.29, 0.717) is 23.4 Å². The van der Waals surface area contributed by atoms with Crippen molar-refractivity contribution >= 4 is 23.4 Å². The fraction of sp³-hybridized carbons (Fsp3) is 0.320. The number of benzene rings is 2. The number of carbonyl (C=O) groups is 1. The number of allylic oxidation sites excluding steroid dienone is 1. The van der Waals surface area contributed by atoms with Crippen LogP contribution < -0.4 is 10.1 Å². The SMILES string of the molecule is C=CCn1c(COc2ccc(C(C)C)cc2)nnc1SCC(=O)Nc1ccc(C)cc1C. The Morgan fingerprint density at radius 3 is 2.59 bits per heavy atom. The van der Waals surface area contributed by atoms with Crippen LogP contribution in [0.5, 0.6) is 5.75 Å². The van der Waals surface area contributed by atoms with Crippen LogP contribution >= 0.6 is 11.8 Å². The van der Waals surface area contributed by atoms with Gasteiger partial charge in [0.15, 0.2) is 11.0 Å². The second-order valence-electron chi connectivity index (χ2n) is 7.97. The van der Waals surface area contributed by atoms with Crippen LogP contribution in [-0.2, 0) is 17.9 Å². The molecule has 0 saturated carbocycles.